The van der Waals surface area contributed by atoms with Gasteiger partial charge in [0.25, 0.3) is 0 Å². The van der Waals surface area contributed by atoms with Gasteiger partial charge >= 0.3 is 0 Å². The van der Waals surface area contributed by atoms with Crippen molar-refractivity contribution in [1.29, 1.82) is 5.41 Å². The van der Waals surface area contributed by atoms with Gasteiger partial charge in [-0.3, -0.25) is 10.3 Å². The lowest BCUT2D eigenvalue weighted by Crippen LogP contribution is -2.24. The third-order valence-electron chi connectivity index (χ3n) is 10.7. The molecular formula is C55H50N2. The minimum absolute atomic E-state index is 0.419. The Balaban J connectivity index is 0.00000244. The minimum atomic E-state index is 0.419. The lowest BCUT2D eigenvalue weighted by atomic mass is 9.83. The second-order valence-electron chi connectivity index (χ2n) is 14.1. The van der Waals surface area contributed by atoms with Crippen molar-refractivity contribution >= 4 is 55.1 Å². The van der Waals surface area contributed by atoms with Crippen molar-refractivity contribution in [3.8, 4) is 33.4 Å². The molecule has 0 fully saturated rings. The number of allylic oxidation sites excluding steroid dienone is 4. The second kappa shape index (κ2) is 16.9. The van der Waals surface area contributed by atoms with Gasteiger partial charge in [0.15, 0.2) is 0 Å². The van der Waals surface area contributed by atoms with Gasteiger partial charge in [0, 0.05) is 5.39 Å². The summed E-state index contributed by atoms with van der Waals surface area (Å²) in [4.78, 5) is 2.08. The van der Waals surface area contributed by atoms with Gasteiger partial charge in [-0.05, 0) is 141 Å². The van der Waals surface area contributed by atoms with E-state index in [4.69, 9.17) is 0 Å². The van der Waals surface area contributed by atoms with Crippen LogP contribution in [0, 0.1) is 19.3 Å². The van der Waals surface area contributed by atoms with Gasteiger partial charge < -0.3 is 0 Å². The van der Waals surface area contributed by atoms with Gasteiger partial charge in [-0.1, -0.05) is 166 Å². The van der Waals surface area contributed by atoms with E-state index in [1.807, 2.05) is 39.0 Å². The summed E-state index contributed by atoms with van der Waals surface area (Å²) in [5.74, 6) is 0.419. The van der Waals surface area contributed by atoms with Crippen LogP contribution < -0.4 is 4.90 Å². The molecule has 0 heterocycles. The highest BCUT2D eigenvalue weighted by Gasteiger charge is 2.23. The van der Waals surface area contributed by atoms with Crippen molar-refractivity contribution in [2.24, 2.45) is 0 Å². The molecule has 0 spiro atoms. The number of nitrogens with zero attached hydrogens (tertiary/aromatic N) is 1. The van der Waals surface area contributed by atoms with E-state index in [2.05, 4.69) is 190 Å². The smallest absolute Gasteiger partial charge is 0.129 e. The van der Waals surface area contributed by atoms with Crippen molar-refractivity contribution in [1.82, 2.24) is 0 Å². The number of amidine groups is 1. The van der Waals surface area contributed by atoms with Crippen molar-refractivity contribution < 1.29 is 0 Å². The first-order valence-corrected chi connectivity index (χ1v) is 20.0. The van der Waals surface area contributed by atoms with E-state index < -0.39 is 0 Å². The first kappa shape index (κ1) is 38.5. The number of nitrogens with one attached hydrogen (secondary N) is 1. The van der Waals surface area contributed by atoms with Crippen molar-refractivity contribution in [2.45, 2.75) is 41.5 Å². The van der Waals surface area contributed by atoms with E-state index in [9.17, 15) is 5.41 Å². The summed E-state index contributed by atoms with van der Waals surface area (Å²) in [6, 6.07) is 54.9. The zero-order valence-corrected chi connectivity index (χ0v) is 33.9. The molecule has 280 valence electrons. The van der Waals surface area contributed by atoms with Crippen molar-refractivity contribution in [3.05, 3.63) is 199 Å². The molecule has 2 heteroatoms. The topological polar surface area (TPSA) is 27.1 Å². The molecule has 0 aromatic heterocycles. The molecule has 0 atom stereocenters. The maximum absolute atomic E-state index is 9.25. The van der Waals surface area contributed by atoms with Crippen LogP contribution in [-0.2, 0) is 0 Å². The van der Waals surface area contributed by atoms with Crippen LogP contribution in [0.4, 0.5) is 11.4 Å². The van der Waals surface area contributed by atoms with E-state index >= 15 is 0 Å². The molecule has 8 aromatic rings. The standard InChI is InChI=1S/C53H44N2.C2H6/c1-6-18-51(54)55(49-29-27-35(4)31-36(49)5)50-30-28-48(42-21-12-13-22-43(42)50)53-46-25-16-14-23-44(46)52(45-24-15-17-26-47(45)53)41-33-39(37(7-2)8-3)32-40(34-41)38-19-10-9-11-20-38;1-2/h6-34,54H,2H2,1,3-5H3;1-2H3/b18-6-,37-8+,54-51?;. The van der Waals surface area contributed by atoms with Crippen LogP contribution in [0.25, 0.3) is 71.3 Å². The first-order valence-electron chi connectivity index (χ1n) is 20.0. The maximum atomic E-state index is 9.25. The number of hydrogen-bond acceptors (Lipinski definition) is 1. The van der Waals surface area contributed by atoms with Crippen LogP contribution in [-0.4, -0.2) is 5.84 Å². The highest BCUT2D eigenvalue weighted by atomic mass is 15.2. The van der Waals surface area contributed by atoms with E-state index in [1.54, 1.807) is 0 Å². The van der Waals surface area contributed by atoms with Gasteiger partial charge in [0.2, 0.25) is 0 Å². The summed E-state index contributed by atoms with van der Waals surface area (Å²) >= 11 is 0. The van der Waals surface area contributed by atoms with E-state index in [1.165, 1.54) is 54.9 Å². The number of hydrogen-bond donors (Lipinski definition) is 1. The molecule has 0 aliphatic rings. The van der Waals surface area contributed by atoms with Gasteiger partial charge in [-0.15, -0.1) is 0 Å². The Morgan fingerprint density at radius 3 is 1.67 bits per heavy atom. The zero-order valence-electron chi connectivity index (χ0n) is 33.9. The molecule has 8 rings (SSSR count). The molecule has 0 saturated carbocycles. The summed E-state index contributed by atoms with van der Waals surface area (Å²) < 4.78 is 0. The second-order valence-corrected chi connectivity index (χ2v) is 14.1. The Morgan fingerprint density at radius 2 is 1.09 bits per heavy atom. The van der Waals surface area contributed by atoms with Crippen LogP contribution in [0.1, 0.15) is 44.4 Å². The molecule has 0 amide bonds. The van der Waals surface area contributed by atoms with Crippen molar-refractivity contribution in [2.75, 3.05) is 4.90 Å². The third-order valence-corrected chi connectivity index (χ3v) is 10.7. The van der Waals surface area contributed by atoms with Crippen LogP contribution in [0.15, 0.2) is 183 Å². The SMILES string of the molecule is C=C/C(=C\C)c1cc(-c2ccccc2)cc(-c2c3ccccc3c(-c3ccc(N(C(=N)/C=C\C)c4ccc(C)cc4C)c4ccccc34)c3ccccc23)c1.CC. The normalized spacial score (nSPS) is 11.5. The molecule has 0 saturated heterocycles. The average molecular weight is 739 g/mol. The maximum Gasteiger partial charge on any atom is 0.129 e. The zero-order chi connectivity index (χ0) is 40.1. The average Bonchev–Trinajstić information content (AvgIpc) is 3.25. The molecular weight excluding hydrogens is 689 g/mol. The Kier molecular flexibility index (Phi) is 11.4. The molecule has 2 nitrogen and oxygen atoms in total. The van der Waals surface area contributed by atoms with E-state index in [0.29, 0.717) is 5.84 Å². The molecule has 0 bridgehead atoms. The number of fused-ring (bicyclic) bond motifs is 3. The Hall–Kier alpha value is -6.77. The Labute approximate surface area is 338 Å². The highest BCUT2D eigenvalue weighted by molar-refractivity contribution is 6.25. The largest absolute Gasteiger partial charge is 0.295 e. The van der Waals surface area contributed by atoms with E-state index in [0.717, 1.165) is 44.4 Å². The van der Waals surface area contributed by atoms with Gasteiger partial charge in [-0.2, -0.15) is 0 Å². The van der Waals surface area contributed by atoms with Gasteiger partial charge in [-0.25, -0.2) is 0 Å². The number of benzene rings is 8. The fourth-order valence-electron chi connectivity index (χ4n) is 8.24. The fraction of sp³-hybridized carbons (Fsp3) is 0.109. The van der Waals surface area contributed by atoms with Crippen LogP contribution in [0.5, 0.6) is 0 Å². The van der Waals surface area contributed by atoms with Crippen LogP contribution in [0.3, 0.4) is 0 Å². The lowest BCUT2D eigenvalue weighted by Gasteiger charge is -2.28. The Morgan fingerprint density at radius 1 is 0.544 bits per heavy atom. The molecule has 0 unspecified atom stereocenters. The summed E-state index contributed by atoms with van der Waals surface area (Å²) in [7, 11) is 0. The monoisotopic (exact) mass is 738 g/mol. The van der Waals surface area contributed by atoms with Crippen LogP contribution in [0.2, 0.25) is 0 Å². The lowest BCUT2D eigenvalue weighted by molar-refractivity contribution is 1.26. The fourth-order valence-corrected chi connectivity index (χ4v) is 8.24. The van der Waals surface area contributed by atoms with Gasteiger partial charge in [0.1, 0.15) is 5.84 Å². The third kappa shape index (κ3) is 7.23. The summed E-state index contributed by atoms with van der Waals surface area (Å²) in [5, 5.41) is 16.3. The quantitative estimate of drug-likeness (QED) is 0.0715. The molecule has 8 aromatic carbocycles. The summed E-state index contributed by atoms with van der Waals surface area (Å²) in [5.41, 5.74) is 13.7. The minimum Gasteiger partial charge on any atom is -0.295 e. The first-order chi connectivity index (χ1) is 27.9. The Bertz CT molecular complexity index is 2780. The predicted octanol–water partition coefficient (Wildman–Crippen LogP) is 16.1. The summed E-state index contributed by atoms with van der Waals surface area (Å²) in [6.45, 7) is 16.4. The predicted molar refractivity (Wildman–Crippen MR) is 251 cm³/mol. The molecule has 57 heavy (non-hydrogen) atoms. The molecule has 0 aliphatic heterocycles. The highest BCUT2D eigenvalue weighted by Crippen LogP contribution is 2.48. The molecule has 0 radical (unpaired) electrons. The number of anilines is 2. The molecule has 0 aliphatic carbocycles. The van der Waals surface area contributed by atoms with Crippen LogP contribution >= 0.6 is 0 Å². The number of rotatable bonds is 8. The van der Waals surface area contributed by atoms with Crippen molar-refractivity contribution in [3.63, 3.8) is 0 Å². The molecule has 1 N–H and O–H groups in total. The van der Waals surface area contributed by atoms with Gasteiger partial charge in [0.05, 0.1) is 11.4 Å². The summed E-state index contributed by atoms with van der Waals surface area (Å²) in [6.07, 6.45) is 7.89. The number of aryl methyl sites for hydroxylation is 2. The van der Waals surface area contributed by atoms with E-state index in [-0.39, 0.29) is 0 Å².